The Bertz CT molecular complexity index is 1040. The van der Waals surface area contributed by atoms with E-state index < -0.39 is 0 Å². The number of anilines is 2. The van der Waals surface area contributed by atoms with E-state index in [1.54, 1.807) is 24.3 Å². The summed E-state index contributed by atoms with van der Waals surface area (Å²) in [6.07, 6.45) is 9.72. The molecular weight excluding hydrogens is 432 g/mol. The molecule has 1 fully saturated rings. The van der Waals surface area contributed by atoms with E-state index in [9.17, 15) is 4.79 Å². The highest BCUT2D eigenvalue weighted by atomic mass is 32.1. The number of methoxy groups -OCH3 is 1. The van der Waals surface area contributed by atoms with Gasteiger partial charge in [-0.25, -0.2) is 14.8 Å². The van der Waals surface area contributed by atoms with Crippen molar-refractivity contribution < 1.29 is 14.3 Å². The van der Waals surface area contributed by atoms with Crippen molar-refractivity contribution in [1.82, 2.24) is 28.9 Å². The number of nitrogens with zero attached hydrogens (tertiary/aromatic N) is 6. The molecular formula is C20H24N8O3S. The summed E-state index contributed by atoms with van der Waals surface area (Å²) in [5.74, 6) is 2.09. The van der Waals surface area contributed by atoms with Gasteiger partial charge in [-0.15, -0.1) is 4.37 Å². The van der Waals surface area contributed by atoms with Crippen LogP contribution in [0, 0.1) is 0 Å². The molecule has 0 radical (unpaired) electrons. The summed E-state index contributed by atoms with van der Waals surface area (Å²) in [6, 6.07) is 1.62. The van der Waals surface area contributed by atoms with Crippen molar-refractivity contribution in [2.24, 2.45) is 0 Å². The van der Waals surface area contributed by atoms with E-state index in [1.807, 2.05) is 24.3 Å². The minimum atomic E-state index is -0.118. The van der Waals surface area contributed by atoms with Crippen LogP contribution in [0.5, 0.6) is 5.88 Å². The van der Waals surface area contributed by atoms with Crippen LogP contribution in [0.3, 0.4) is 0 Å². The molecule has 3 heterocycles. The van der Waals surface area contributed by atoms with Crippen LogP contribution in [-0.2, 0) is 11.3 Å². The number of aromatic nitrogens is 4. The number of hydrogen-bond donors (Lipinski definition) is 2. The number of carbonyl (C=O) groups is 1. The van der Waals surface area contributed by atoms with Crippen molar-refractivity contribution in [2.75, 3.05) is 43.9 Å². The Labute approximate surface area is 189 Å². The Balaban J connectivity index is 1.29. The number of piperazine rings is 1. The van der Waals surface area contributed by atoms with E-state index in [0.29, 0.717) is 50.0 Å². The number of carbonyl (C=O) groups excluding carboxylic acids is 1. The summed E-state index contributed by atoms with van der Waals surface area (Å²) in [4.78, 5) is 24.5. The van der Waals surface area contributed by atoms with Gasteiger partial charge >= 0.3 is 6.03 Å². The number of urea groups is 1. The second-order valence-electron chi connectivity index (χ2n) is 7.06. The highest BCUT2D eigenvalue weighted by Crippen LogP contribution is 2.27. The first kappa shape index (κ1) is 21.6. The number of nitrogen functional groups attached to an aromatic ring is 1. The number of hydrogen-bond acceptors (Lipinski definition) is 10. The molecule has 0 atom stereocenters. The third-order valence-corrected chi connectivity index (χ3v) is 5.48. The molecule has 32 heavy (non-hydrogen) atoms. The van der Waals surface area contributed by atoms with Crippen molar-refractivity contribution in [1.29, 1.82) is 0 Å². The predicted molar refractivity (Wildman–Crippen MR) is 120 cm³/mol. The molecule has 1 aliphatic heterocycles. The molecule has 12 heteroatoms. The summed E-state index contributed by atoms with van der Waals surface area (Å²) in [7, 11) is 1.62. The van der Waals surface area contributed by atoms with E-state index in [4.69, 9.17) is 15.2 Å². The van der Waals surface area contributed by atoms with Gasteiger partial charge in [-0.2, -0.15) is 4.37 Å². The topological polar surface area (TPSA) is 132 Å². The Hall–Kier alpha value is -3.67. The summed E-state index contributed by atoms with van der Waals surface area (Å²) in [5.41, 5.74) is 7.09. The third-order valence-electron chi connectivity index (χ3n) is 4.98. The summed E-state index contributed by atoms with van der Waals surface area (Å²) in [5, 5.41) is 2.98. The van der Waals surface area contributed by atoms with Crippen molar-refractivity contribution in [3.05, 3.63) is 53.7 Å². The van der Waals surface area contributed by atoms with Gasteiger partial charge in [-0.1, -0.05) is 6.08 Å². The third kappa shape index (κ3) is 5.32. The van der Waals surface area contributed by atoms with Gasteiger partial charge in [0.15, 0.2) is 0 Å². The first-order valence-corrected chi connectivity index (χ1v) is 10.8. The van der Waals surface area contributed by atoms with Gasteiger partial charge in [0.2, 0.25) is 11.8 Å². The number of amides is 2. The fourth-order valence-corrected chi connectivity index (χ4v) is 3.80. The first-order valence-electron chi connectivity index (χ1n) is 10.1. The van der Waals surface area contributed by atoms with E-state index in [-0.39, 0.29) is 18.6 Å². The maximum Gasteiger partial charge on any atom is 0.321 e. The molecule has 3 N–H and O–H groups in total. The fourth-order valence-electron chi connectivity index (χ4n) is 3.28. The number of nitrogens with one attached hydrogen (secondary N) is 1. The van der Waals surface area contributed by atoms with Crippen molar-refractivity contribution in [3.8, 4) is 5.88 Å². The molecule has 0 saturated carbocycles. The van der Waals surface area contributed by atoms with Gasteiger partial charge in [0.25, 0.3) is 5.88 Å². The van der Waals surface area contributed by atoms with Crippen LogP contribution in [0.1, 0.15) is 12.1 Å². The van der Waals surface area contributed by atoms with Crippen LogP contribution < -0.4 is 20.7 Å². The van der Waals surface area contributed by atoms with Crippen molar-refractivity contribution >= 4 is 29.5 Å². The molecule has 4 rings (SSSR count). The minimum Gasteiger partial charge on any atom is -0.497 e. The SMILES string of the molecule is COC1=CCC(NC(=O)N2CCN(c3nsnc3OCc3ccnc(N)n3)CC2)=CC=C1. The van der Waals surface area contributed by atoms with Crippen molar-refractivity contribution in [2.45, 2.75) is 13.0 Å². The molecule has 1 aliphatic carbocycles. The van der Waals surface area contributed by atoms with E-state index >= 15 is 0 Å². The minimum absolute atomic E-state index is 0.118. The average molecular weight is 457 g/mol. The van der Waals surface area contributed by atoms with Crippen molar-refractivity contribution in [3.63, 3.8) is 0 Å². The van der Waals surface area contributed by atoms with Gasteiger partial charge in [0.05, 0.1) is 24.5 Å². The second kappa shape index (κ2) is 10.1. The Morgan fingerprint density at radius 3 is 2.91 bits per heavy atom. The molecule has 2 amide bonds. The number of allylic oxidation sites excluding steroid dienone is 4. The Morgan fingerprint density at radius 2 is 2.12 bits per heavy atom. The highest BCUT2D eigenvalue weighted by Gasteiger charge is 2.25. The molecule has 0 unspecified atom stereocenters. The monoisotopic (exact) mass is 456 g/mol. The zero-order valence-corrected chi connectivity index (χ0v) is 18.4. The maximum absolute atomic E-state index is 12.7. The number of rotatable bonds is 6. The Morgan fingerprint density at radius 1 is 1.28 bits per heavy atom. The van der Waals surface area contributed by atoms with Crippen LogP contribution >= 0.6 is 11.7 Å². The molecule has 2 aromatic heterocycles. The molecule has 2 aliphatic rings. The maximum atomic E-state index is 12.7. The summed E-state index contributed by atoms with van der Waals surface area (Å²) >= 11 is 1.09. The summed E-state index contributed by atoms with van der Waals surface area (Å²) < 4.78 is 19.7. The lowest BCUT2D eigenvalue weighted by Gasteiger charge is -2.34. The molecule has 0 aromatic carbocycles. The second-order valence-corrected chi connectivity index (χ2v) is 7.59. The first-order chi connectivity index (χ1) is 15.6. The molecule has 1 saturated heterocycles. The zero-order valence-electron chi connectivity index (χ0n) is 17.6. The van der Waals surface area contributed by atoms with Gasteiger partial charge in [0.1, 0.15) is 12.4 Å². The lowest BCUT2D eigenvalue weighted by molar-refractivity contribution is 0.196. The standard InChI is InChI=1S/C20H24N8O3S/c1-30-16-4-2-3-14(5-6-16)24-20(29)28-11-9-27(10-12-28)17-18(26-32-25-17)31-13-15-7-8-22-19(21)23-15/h2-4,6-8H,5,9-13H2,1H3,(H,24,29)(H2,21,22,23). The lowest BCUT2D eigenvalue weighted by atomic mass is 10.3. The van der Waals surface area contributed by atoms with Gasteiger partial charge in [0, 0.05) is 44.5 Å². The van der Waals surface area contributed by atoms with Crippen LogP contribution in [0.15, 0.2) is 48.0 Å². The van der Waals surface area contributed by atoms with E-state index in [1.165, 1.54) is 0 Å². The zero-order chi connectivity index (χ0) is 22.3. The molecule has 2 aromatic rings. The van der Waals surface area contributed by atoms with Crippen LogP contribution in [0.4, 0.5) is 16.6 Å². The molecule has 0 bridgehead atoms. The molecule has 0 spiro atoms. The van der Waals surface area contributed by atoms with Gasteiger partial charge < -0.3 is 30.3 Å². The molecule has 11 nitrogen and oxygen atoms in total. The normalized spacial score (nSPS) is 16.2. The van der Waals surface area contributed by atoms with Crippen LogP contribution in [0.2, 0.25) is 0 Å². The quantitative estimate of drug-likeness (QED) is 0.666. The lowest BCUT2D eigenvalue weighted by Crippen LogP contribution is -2.51. The van der Waals surface area contributed by atoms with Crippen LogP contribution in [-0.4, -0.2) is 62.9 Å². The smallest absolute Gasteiger partial charge is 0.321 e. The number of ether oxygens (including phenoxy) is 2. The van der Waals surface area contributed by atoms with E-state index in [0.717, 1.165) is 23.2 Å². The van der Waals surface area contributed by atoms with Gasteiger partial charge in [-0.3, -0.25) is 0 Å². The van der Waals surface area contributed by atoms with E-state index in [2.05, 4.69) is 28.9 Å². The average Bonchev–Trinajstić information content (AvgIpc) is 3.16. The fraction of sp³-hybridized carbons (Fsp3) is 0.350. The molecule has 168 valence electrons. The van der Waals surface area contributed by atoms with Crippen LogP contribution in [0.25, 0.3) is 0 Å². The predicted octanol–water partition coefficient (Wildman–Crippen LogP) is 1.69. The van der Waals surface area contributed by atoms with Gasteiger partial charge in [-0.05, 0) is 24.3 Å². The summed E-state index contributed by atoms with van der Waals surface area (Å²) in [6.45, 7) is 2.60. The largest absolute Gasteiger partial charge is 0.497 e. The number of nitrogens with two attached hydrogens (primary N) is 1. The highest BCUT2D eigenvalue weighted by molar-refractivity contribution is 6.99. The Kier molecular flexibility index (Phi) is 6.80.